The number of ether oxygens (including phenoxy) is 1. The molecule has 2 amide bonds. The standard InChI is InChI=1S/C31H36BrN3O5S/c1-3-40-29-19-10-9-18-28(29)35(41(38,39)27-16-5-4-6-17-27)22-30(36)34(21-24-12-11-13-25(32)20-24)23(2)31(37)33-26-14-7-8-15-26/h4-6,9-13,16-20,23,26H,3,7-8,14-15,21-22H2,1-2H3,(H,33,37)/t23-/m0/s1. The van der Waals surface area contributed by atoms with Crippen molar-refractivity contribution in [1.29, 1.82) is 0 Å². The van der Waals surface area contributed by atoms with Gasteiger partial charge in [-0.25, -0.2) is 8.42 Å². The smallest absolute Gasteiger partial charge is 0.264 e. The van der Waals surface area contributed by atoms with Crippen molar-refractivity contribution >= 4 is 43.5 Å². The Hall–Kier alpha value is -3.37. The molecule has 1 N–H and O–H groups in total. The van der Waals surface area contributed by atoms with Gasteiger partial charge >= 0.3 is 0 Å². The first kappa shape index (κ1) is 30.6. The Morgan fingerprint density at radius 3 is 2.37 bits per heavy atom. The minimum atomic E-state index is -4.17. The molecule has 3 aromatic rings. The molecule has 8 nitrogen and oxygen atoms in total. The largest absolute Gasteiger partial charge is 0.492 e. The number of hydrogen-bond donors (Lipinski definition) is 1. The monoisotopic (exact) mass is 641 g/mol. The first-order valence-corrected chi connectivity index (χ1v) is 16.1. The number of hydrogen-bond acceptors (Lipinski definition) is 5. The van der Waals surface area contributed by atoms with E-state index in [9.17, 15) is 18.0 Å². The number of amides is 2. The number of nitrogens with one attached hydrogen (secondary N) is 1. The third-order valence-electron chi connectivity index (χ3n) is 7.15. The average Bonchev–Trinajstić information content (AvgIpc) is 3.48. The van der Waals surface area contributed by atoms with Crippen LogP contribution >= 0.6 is 15.9 Å². The van der Waals surface area contributed by atoms with Crippen LogP contribution in [0.3, 0.4) is 0 Å². The second kappa shape index (κ2) is 14.0. The summed E-state index contributed by atoms with van der Waals surface area (Å²) in [5.41, 5.74) is 1.05. The van der Waals surface area contributed by atoms with Crippen LogP contribution in [0, 0.1) is 0 Å². The highest BCUT2D eigenvalue weighted by Crippen LogP contribution is 2.33. The van der Waals surface area contributed by atoms with Crippen LogP contribution in [0.5, 0.6) is 5.75 Å². The summed E-state index contributed by atoms with van der Waals surface area (Å²) >= 11 is 3.47. The van der Waals surface area contributed by atoms with Gasteiger partial charge in [-0.3, -0.25) is 13.9 Å². The Morgan fingerprint density at radius 1 is 1.00 bits per heavy atom. The molecule has 218 valence electrons. The highest BCUT2D eigenvalue weighted by molar-refractivity contribution is 9.10. The van der Waals surface area contributed by atoms with Gasteiger partial charge in [0, 0.05) is 17.1 Å². The van der Waals surface area contributed by atoms with E-state index in [0.717, 1.165) is 40.0 Å². The predicted molar refractivity (Wildman–Crippen MR) is 163 cm³/mol. The summed E-state index contributed by atoms with van der Waals surface area (Å²) in [5, 5.41) is 3.08. The maximum Gasteiger partial charge on any atom is 0.264 e. The molecule has 3 aromatic carbocycles. The molecule has 1 atom stereocenters. The maximum atomic E-state index is 14.1. The molecule has 0 radical (unpaired) electrons. The third kappa shape index (κ3) is 7.68. The zero-order valence-corrected chi connectivity index (χ0v) is 25.7. The second-order valence-electron chi connectivity index (χ2n) is 10.0. The van der Waals surface area contributed by atoms with E-state index >= 15 is 0 Å². The van der Waals surface area contributed by atoms with Gasteiger partial charge in [-0.1, -0.05) is 71.2 Å². The molecule has 10 heteroatoms. The van der Waals surface area contributed by atoms with E-state index in [1.54, 1.807) is 49.4 Å². The molecule has 0 aliphatic heterocycles. The zero-order chi connectivity index (χ0) is 29.4. The molecule has 1 aliphatic carbocycles. The van der Waals surface area contributed by atoms with Crippen LogP contribution in [0.25, 0.3) is 0 Å². The SMILES string of the molecule is CCOc1ccccc1N(CC(=O)N(Cc1cccc(Br)c1)[C@@H](C)C(=O)NC1CCCC1)S(=O)(=O)c1ccccc1. The van der Waals surface area contributed by atoms with Crippen LogP contribution in [0.2, 0.25) is 0 Å². The molecule has 0 unspecified atom stereocenters. The zero-order valence-electron chi connectivity index (χ0n) is 23.3. The molecule has 0 spiro atoms. The van der Waals surface area contributed by atoms with Crippen molar-refractivity contribution in [3.05, 3.63) is 88.9 Å². The van der Waals surface area contributed by atoms with Gasteiger partial charge < -0.3 is 15.0 Å². The Bertz CT molecular complexity index is 1440. The van der Waals surface area contributed by atoms with E-state index in [1.165, 1.54) is 17.0 Å². The van der Waals surface area contributed by atoms with Crippen LogP contribution in [0.1, 0.15) is 45.1 Å². The van der Waals surface area contributed by atoms with Crippen molar-refractivity contribution in [3.63, 3.8) is 0 Å². The molecular weight excluding hydrogens is 606 g/mol. The molecule has 0 aromatic heterocycles. The van der Waals surface area contributed by atoms with Crippen LogP contribution in [-0.4, -0.2) is 50.4 Å². The first-order chi connectivity index (χ1) is 19.7. The van der Waals surface area contributed by atoms with Crippen LogP contribution in [0.4, 0.5) is 5.69 Å². The summed E-state index contributed by atoms with van der Waals surface area (Å²) < 4.78 is 35.7. The van der Waals surface area contributed by atoms with Crippen molar-refractivity contribution in [2.24, 2.45) is 0 Å². The molecule has 41 heavy (non-hydrogen) atoms. The number of halogens is 1. The van der Waals surface area contributed by atoms with Gasteiger partial charge in [0.25, 0.3) is 10.0 Å². The summed E-state index contributed by atoms with van der Waals surface area (Å²) in [5.74, 6) is -0.426. The van der Waals surface area contributed by atoms with Crippen LogP contribution in [0.15, 0.2) is 88.2 Å². The molecule has 1 saturated carbocycles. The van der Waals surface area contributed by atoms with E-state index in [-0.39, 0.29) is 29.1 Å². The van der Waals surface area contributed by atoms with E-state index in [0.29, 0.717) is 12.4 Å². The number of carbonyl (C=O) groups excluding carboxylic acids is 2. The van der Waals surface area contributed by atoms with E-state index < -0.39 is 28.5 Å². The molecule has 4 rings (SSSR count). The lowest BCUT2D eigenvalue weighted by Gasteiger charge is -2.33. The molecule has 0 heterocycles. The maximum absolute atomic E-state index is 14.1. The normalized spacial score (nSPS) is 14.3. The minimum absolute atomic E-state index is 0.0460. The van der Waals surface area contributed by atoms with Crippen molar-refractivity contribution in [2.45, 2.75) is 63.1 Å². The molecular formula is C31H36BrN3O5S. The average molecular weight is 643 g/mol. The van der Waals surface area contributed by atoms with Crippen molar-refractivity contribution in [3.8, 4) is 5.75 Å². The Morgan fingerprint density at radius 2 is 1.68 bits per heavy atom. The summed E-state index contributed by atoms with van der Waals surface area (Å²) in [4.78, 5) is 29.0. The number of benzene rings is 3. The number of sulfonamides is 1. The number of para-hydroxylation sites is 2. The third-order valence-corrected chi connectivity index (χ3v) is 9.42. The van der Waals surface area contributed by atoms with Gasteiger partial charge in [0.15, 0.2) is 0 Å². The van der Waals surface area contributed by atoms with Crippen molar-refractivity contribution in [1.82, 2.24) is 10.2 Å². The fourth-order valence-electron chi connectivity index (χ4n) is 4.98. The quantitative estimate of drug-likeness (QED) is 0.281. The highest BCUT2D eigenvalue weighted by Gasteiger charge is 2.34. The molecule has 1 fully saturated rings. The van der Waals surface area contributed by atoms with Gasteiger partial charge in [-0.15, -0.1) is 0 Å². The van der Waals surface area contributed by atoms with Crippen molar-refractivity contribution in [2.75, 3.05) is 17.5 Å². The van der Waals surface area contributed by atoms with E-state index in [2.05, 4.69) is 21.2 Å². The van der Waals surface area contributed by atoms with Gasteiger partial charge in [0.1, 0.15) is 18.3 Å². The fourth-order valence-corrected chi connectivity index (χ4v) is 6.87. The molecule has 1 aliphatic rings. The molecule has 0 bridgehead atoms. The minimum Gasteiger partial charge on any atom is -0.492 e. The van der Waals surface area contributed by atoms with Gasteiger partial charge in [-0.2, -0.15) is 0 Å². The number of rotatable bonds is 12. The van der Waals surface area contributed by atoms with Gasteiger partial charge in [0.2, 0.25) is 11.8 Å². The number of anilines is 1. The Labute approximate surface area is 250 Å². The Kier molecular flexibility index (Phi) is 10.4. The number of nitrogens with zero attached hydrogens (tertiary/aromatic N) is 2. The van der Waals surface area contributed by atoms with Crippen LogP contribution < -0.4 is 14.4 Å². The molecule has 0 saturated heterocycles. The van der Waals surface area contributed by atoms with E-state index in [4.69, 9.17) is 4.74 Å². The fraction of sp³-hybridized carbons (Fsp3) is 0.355. The second-order valence-corrected chi connectivity index (χ2v) is 12.8. The summed E-state index contributed by atoms with van der Waals surface area (Å²) in [6.07, 6.45) is 3.95. The topological polar surface area (TPSA) is 96.0 Å². The van der Waals surface area contributed by atoms with Gasteiger partial charge in [-0.05, 0) is 68.7 Å². The first-order valence-electron chi connectivity index (χ1n) is 13.8. The lowest BCUT2D eigenvalue weighted by molar-refractivity contribution is -0.139. The number of carbonyl (C=O) groups is 2. The van der Waals surface area contributed by atoms with Crippen molar-refractivity contribution < 1.29 is 22.7 Å². The highest BCUT2D eigenvalue weighted by atomic mass is 79.9. The lowest BCUT2D eigenvalue weighted by Crippen LogP contribution is -2.52. The summed E-state index contributed by atoms with van der Waals surface area (Å²) in [7, 11) is -4.17. The van der Waals surface area contributed by atoms with Gasteiger partial charge in [0.05, 0.1) is 17.2 Å². The Balaban J connectivity index is 1.71. The lowest BCUT2D eigenvalue weighted by atomic mass is 10.1. The summed E-state index contributed by atoms with van der Waals surface area (Å²) in [6, 6.07) is 21.5. The predicted octanol–water partition coefficient (Wildman–Crippen LogP) is 5.52. The summed E-state index contributed by atoms with van der Waals surface area (Å²) in [6.45, 7) is 3.42. The van der Waals surface area contributed by atoms with E-state index in [1.807, 2.05) is 31.2 Å². The van der Waals surface area contributed by atoms with Crippen LogP contribution in [-0.2, 0) is 26.2 Å².